The van der Waals surface area contributed by atoms with E-state index in [1.165, 1.54) is 0 Å². The van der Waals surface area contributed by atoms with Crippen LogP contribution in [0.3, 0.4) is 0 Å². The predicted octanol–water partition coefficient (Wildman–Crippen LogP) is 4.56. The SMILES string of the molecule is CC[C@@H](NC(=O)C(C)(C)C(NC(=O)OCC1c2ccccc2-c2ccccc21)C(C)C)C(=O)O. The van der Waals surface area contributed by atoms with Crippen LogP contribution < -0.4 is 10.6 Å². The van der Waals surface area contributed by atoms with Gasteiger partial charge in [-0.3, -0.25) is 4.79 Å². The maximum Gasteiger partial charge on any atom is 0.407 e. The van der Waals surface area contributed by atoms with Crippen LogP contribution in [0.1, 0.15) is 58.1 Å². The quantitative estimate of drug-likeness (QED) is 0.503. The molecule has 3 N–H and O–H groups in total. The minimum absolute atomic E-state index is 0.0622. The molecule has 34 heavy (non-hydrogen) atoms. The van der Waals surface area contributed by atoms with Gasteiger partial charge >= 0.3 is 12.1 Å². The molecule has 2 atom stereocenters. The number of alkyl carbamates (subject to hydrolysis) is 1. The first-order valence-electron chi connectivity index (χ1n) is 11.7. The van der Waals surface area contributed by atoms with Gasteiger partial charge in [0.15, 0.2) is 0 Å². The number of rotatable bonds is 9. The van der Waals surface area contributed by atoms with Gasteiger partial charge in [0.05, 0.1) is 5.41 Å². The van der Waals surface area contributed by atoms with Crippen molar-refractivity contribution in [2.24, 2.45) is 11.3 Å². The highest BCUT2D eigenvalue weighted by Crippen LogP contribution is 2.44. The second-order valence-electron chi connectivity index (χ2n) is 9.69. The third-order valence-electron chi connectivity index (χ3n) is 6.66. The average Bonchev–Trinajstić information content (AvgIpc) is 3.12. The standard InChI is InChI=1S/C27H34N2O5/c1-6-22(24(30)31)28-25(32)27(4,5)23(16(2)3)29-26(33)34-15-21-19-13-9-7-11-17(19)18-12-8-10-14-20(18)21/h7-14,16,21-23H,6,15H2,1-5H3,(H,28,32)(H,29,33)(H,30,31)/t22-,23?/m1/s1. The van der Waals surface area contributed by atoms with E-state index in [0.29, 0.717) is 0 Å². The molecule has 1 aliphatic carbocycles. The molecule has 2 aromatic rings. The van der Waals surface area contributed by atoms with Gasteiger partial charge in [-0.15, -0.1) is 0 Å². The summed E-state index contributed by atoms with van der Waals surface area (Å²) in [6, 6.07) is 14.7. The third kappa shape index (κ3) is 5.08. The topological polar surface area (TPSA) is 105 Å². The van der Waals surface area contributed by atoms with Crippen LogP contribution in [0.25, 0.3) is 11.1 Å². The molecule has 0 radical (unpaired) electrons. The molecule has 1 aliphatic rings. The number of carboxylic acids is 1. The summed E-state index contributed by atoms with van der Waals surface area (Å²) in [5.41, 5.74) is 3.48. The van der Waals surface area contributed by atoms with Gasteiger partial charge in [0.2, 0.25) is 5.91 Å². The Hall–Kier alpha value is -3.35. The Kier molecular flexibility index (Phi) is 7.64. The van der Waals surface area contributed by atoms with Crippen LogP contribution in [0.2, 0.25) is 0 Å². The Bertz CT molecular complexity index is 1020. The first-order chi connectivity index (χ1) is 16.1. The first-order valence-corrected chi connectivity index (χ1v) is 11.7. The fraction of sp³-hybridized carbons (Fsp3) is 0.444. The molecule has 2 amide bonds. The van der Waals surface area contributed by atoms with Crippen molar-refractivity contribution in [1.29, 1.82) is 0 Å². The largest absolute Gasteiger partial charge is 0.480 e. The Morgan fingerprint density at radius 1 is 0.971 bits per heavy atom. The van der Waals surface area contributed by atoms with E-state index in [-0.39, 0.29) is 24.9 Å². The summed E-state index contributed by atoms with van der Waals surface area (Å²) < 4.78 is 5.66. The highest BCUT2D eigenvalue weighted by molar-refractivity contribution is 5.88. The van der Waals surface area contributed by atoms with E-state index in [9.17, 15) is 19.5 Å². The summed E-state index contributed by atoms with van der Waals surface area (Å²) in [6.45, 7) is 9.07. The fourth-order valence-corrected chi connectivity index (χ4v) is 4.77. The molecular formula is C27H34N2O5. The van der Waals surface area contributed by atoms with Gasteiger partial charge in [-0.25, -0.2) is 9.59 Å². The molecule has 7 nitrogen and oxygen atoms in total. The number of hydrogen-bond donors (Lipinski definition) is 3. The molecular weight excluding hydrogens is 432 g/mol. The third-order valence-corrected chi connectivity index (χ3v) is 6.66. The van der Waals surface area contributed by atoms with Crippen molar-refractivity contribution in [3.05, 3.63) is 59.7 Å². The second kappa shape index (κ2) is 10.3. The normalized spacial score (nSPS) is 14.6. The second-order valence-corrected chi connectivity index (χ2v) is 9.69. The van der Waals surface area contributed by atoms with Crippen molar-refractivity contribution in [2.45, 2.75) is 59.0 Å². The lowest BCUT2D eigenvalue weighted by Gasteiger charge is -2.36. The van der Waals surface area contributed by atoms with Crippen LogP contribution in [0.4, 0.5) is 4.79 Å². The van der Waals surface area contributed by atoms with Gasteiger partial charge in [0.1, 0.15) is 12.6 Å². The molecule has 0 aliphatic heterocycles. The van der Waals surface area contributed by atoms with Gasteiger partial charge in [-0.1, -0.05) is 69.3 Å². The zero-order chi connectivity index (χ0) is 25.0. The molecule has 0 spiro atoms. The van der Waals surface area contributed by atoms with E-state index >= 15 is 0 Å². The molecule has 3 rings (SSSR count). The van der Waals surface area contributed by atoms with Crippen molar-refractivity contribution >= 4 is 18.0 Å². The Morgan fingerprint density at radius 3 is 1.97 bits per heavy atom. The lowest BCUT2D eigenvalue weighted by atomic mass is 9.77. The summed E-state index contributed by atoms with van der Waals surface area (Å²) in [5.74, 6) is -1.67. The number of carboxylic acid groups (broad SMARTS) is 1. The average molecular weight is 467 g/mol. The Labute approximate surface area is 200 Å². The van der Waals surface area contributed by atoms with Crippen molar-refractivity contribution < 1.29 is 24.2 Å². The fourth-order valence-electron chi connectivity index (χ4n) is 4.77. The number of amides is 2. The Morgan fingerprint density at radius 2 is 1.50 bits per heavy atom. The lowest BCUT2D eigenvalue weighted by molar-refractivity contribution is -0.144. The van der Waals surface area contributed by atoms with Gasteiger partial charge < -0.3 is 20.5 Å². The lowest BCUT2D eigenvalue weighted by Crippen LogP contribution is -2.57. The Balaban J connectivity index is 1.70. The van der Waals surface area contributed by atoms with E-state index in [1.807, 2.05) is 38.1 Å². The maximum atomic E-state index is 12.9. The molecule has 2 aromatic carbocycles. The number of hydrogen-bond acceptors (Lipinski definition) is 4. The molecule has 1 unspecified atom stereocenters. The van der Waals surface area contributed by atoms with E-state index in [0.717, 1.165) is 22.3 Å². The van der Waals surface area contributed by atoms with Gasteiger partial charge in [0.25, 0.3) is 0 Å². The van der Waals surface area contributed by atoms with Crippen molar-refractivity contribution in [3.8, 4) is 11.1 Å². The van der Waals surface area contributed by atoms with Crippen molar-refractivity contribution in [3.63, 3.8) is 0 Å². The van der Waals surface area contributed by atoms with Crippen molar-refractivity contribution in [1.82, 2.24) is 10.6 Å². The highest BCUT2D eigenvalue weighted by atomic mass is 16.5. The van der Waals surface area contributed by atoms with E-state index < -0.39 is 35.5 Å². The van der Waals surface area contributed by atoms with E-state index in [2.05, 4.69) is 34.9 Å². The summed E-state index contributed by atoms with van der Waals surface area (Å²) in [5, 5.41) is 14.7. The summed E-state index contributed by atoms with van der Waals surface area (Å²) >= 11 is 0. The predicted molar refractivity (Wildman–Crippen MR) is 130 cm³/mol. The van der Waals surface area contributed by atoms with Gasteiger partial charge in [0, 0.05) is 12.0 Å². The minimum Gasteiger partial charge on any atom is -0.480 e. The van der Waals surface area contributed by atoms with Crippen LogP contribution in [0.15, 0.2) is 48.5 Å². The molecule has 0 fully saturated rings. The number of nitrogens with one attached hydrogen (secondary N) is 2. The molecule has 182 valence electrons. The number of carbonyl (C=O) groups is 3. The monoisotopic (exact) mass is 466 g/mol. The summed E-state index contributed by atoms with van der Waals surface area (Å²) in [7, 11) is 0. The summed E-state index contributed by atoms with van der Waals surface area (Å²) in [6.07, 6.45) is -0.338. The minimum atomic E-state index is -1.09. The number of benzene rings is 2. The van der Waals surface area contributed by atoms with Crippen LogP contribution in [-0.4, -0.2) is 41.8 Å². The number of carbonyl (C=O) groups excluding carboxylic acids is 2. The highest BCUT2D eigenvalue weighted by Gasteiger charge is 2.41. The molecule has 0 heterocycles. The molecule has 0 saturated carbocycles. The molecule has 0 saturated heterocycles. The number of fused-ring (bicyclic) bond motifs is 3. The number of aliphatic carboxylic acids is 1. The van der Waals surface area contributed by atoms with Gasteiger partial charge in [-0.2, -0.15) is 0 Å². The smallest absolute Gasteiger partial charge is 0.407 e. The van der Waals surface area contributed by atoms with E-state index in [4.69, 9.17) is 4.74 Å². The van der Waals surface area contributed by atoms with E-state index in [1.54, 1.807) is 20.8 Å². The van der Waals surface area contributed by atoms with Gasteiger partial charge in [-0.05, 0) is 48.4 Å². The van der Waals surface area contributed by atoms with Crippen LogP contribution >= 0.6 is 0 Å². The van der Waals surface area contributed by atoms with Crippen molar-refractivity contribution in [2.75, 3.05) is 6.61 Å². The summed E-state index contributed by atoms with van der Waals surface area (Å²) in [4.78, 5) is 37.1. The zero-order valence-electron chi connectivity index (χ0n) is 20.4. The molecule has 0 bridgehead atoms. The first kappa shape index (κ1) is 25.3. The molecule has 0 aromatic heterocycles. The van der Waals surface area contributed by atoms with Crippen LogP contribution in [0, 0.1) is 11.3 Å². The zero-order valence-corrected chi connectivity index (χ0v) is 20.4. The maximum absolute atomic E-state index is 12.9. The van der Waals surface area contributed by atoms with Crippen LogP contribution in [0.5, 0.6) is 0 Å². The van der Waals surface area contributed by atoms with Crippen LogP contribution in [-0.2, 0) is 14.3 Å². The number of ether oxygens (including phenoxy) is 1. The molecule has 7 heteroatoms.